The van der Waals surface area contributed by atoms with Gasteiger partial charge >= 0.3 is 0 Å². The number of amides is 1. The summed E-state index contributed by atoms with van der Waals surface area (Å²) in [5, 5.41) is 3.24. The number of benzene rings is 1. The Morgan fingerprint density at radius 3 is 2.86 bits per heavy atom. The maximum Gasteiger partial charge on any atom is 0.236 e. The Labute approximate surface area is 127 Å². The standard InChI is InChI=1S/C17H26N2O2/c1-2-11-21-16-8-6-7-15(12-16)13-18-14-17(20)19-9-4-3-5-10-19/h6-8,12,18H,2-5,9-11,13-14H2,1H3. The molecule has 4 heteroatoms. The lowest BCUT2D eigenvalue weighted by Crippen LogP contribution is -2.40. The van der Waals surface area contributed by atoms with Crippen molar-refractivity contribution in [3.05, 3.63) is 29.8 Å². The van der Waals surface area contributed by atoms with Gasteiger partial charge < -0.3 is 15.0 Å². The minimum atomic E-state index is 0.216. The molecule has 1 aliphatic rings. The monoisotopic (exact) mass is 290 g/mol. The zero-order valence-electron chi connectivity index (χ0n) is 12.9. The molecule has 1 heterocycles. The molecule has 0 atom stereocenters. The fourth-order valence-corrected chi connectivity index (χ4v) is 2.53. The lowest BCUT2D eigenvalue weighted by atomic mass is 10.1. The number of piperidine rings is 1. The number of rotatable bonds is 7. The van der Waals surface area contributed by atoms with E-state index in [1.165, 1.54) is 6.42 Å². The van der Waals surface area contributed by atoms with Crippen molar-refractivity contribution in [1.82, 2.24) is 10.2 Å². The number of ether oxygens (including phenoxy) is 1. The van der Waals surface area contributed by atoms with E-state index in [2.05, 4.69) is 18.3 Å². The molecule has 4 nitrogen and oxygen atoms in total. The lowest BCUT2D eigenvalue weighted by molar-refractivity contribution is -0.131. The minimum absolute atomic E-state index is 0.216. The first-order chi connectivity index (χ1) is 10.3. The van der Waals surface area contributed by atoms with Crippen LogP contribution in [0.15, 0.2) is 24.3 Å². The fraction of sp³-hybridized carbons (Fsp3) is 0.588. The van der Waals surface area contributed by atoms with Crippen LogP contribution in [0.5, 0.6) is 5.75 Å². The Kier molecular flexibility index (Phi) is 6.54. The highest BCUT2D eigenvalue weighted by Crippen LogP contribution is 2.13. The van der Waals surface area contributed by atoms with Crippen molar-refractivity contribution < 1.29 is 9.53 Å². The molecule has 1 fully saturated rings. The van der Waals surface area contributed by atoms with Crippen LogP contribution < -0.4 is 10.1 Å². The number of carbonyl (C=O) groups is 1. The summed E-state index contributed by atoms with van der Waals surface area (Å²) in [7, 11) is 0. The average Bonchev–Trinajstić information content (AvgIpc) is 2.54. The molecule has 0 aromatic heterocycles. The van der Waals surface area contributed by atoms with E-state index in [4.69, 9.17) is 4.74 Å². The van der Waals surface area contributed by atoms with E-state index in [0.717, 1.165) is 50.3 Å². The number of nitrogens with one attached hydrogen (secondary N) is 1. The van der Waals surface area contributed by atoms with Crippen molar-refractivity contribution in [3.8, 4) is 5.75 Å². The molecule has 2 rings (SSSR count). The molecular formula is C17H26N2O2. The van der Waals surface area contributed by atoms with Crippen molar-refractivity contribution >= 4 is 5.91 Å². The first kappa shape index (κ1) is 15.8. The number of likely N-dealkylation sites (tertiary alicyclic amines) is 1. The minimum Gasteiger partial charge on any atom is -0.494 e. The number of hydrogen-bond donors (Lipinski definition) is 1. The summed E-state index contributed by atoms with van der Waals surface area (Å²) in [6, 6.07) is 8.05. The lowest BCUT2D eigenvalue weighted by Gasteiger charge is -2.26. The van der Waals surface area contributed by atoms with Gasteiger partial charge in [-0.25, -0.2) is 0 Å². The van der Waals surface area contributed by atoms with Crippen LogP contribution in [-0.2, 0) is 11.3 Å². The third kappa shape index (κ3) is 5.38. The molecule has 0 aliphatic carbocycles. The Morgan fingerprint density at radius 1 is 1.29 bits per heavy atom. The molecule has 21 heavy (non-hydrogen) atoms. The van der Waals surface area contributed by atoms with Crippen LogP contribution in [0.4, 0.5) is 0 Å². The maximum absolute atomic E-state index is 12.0. The topological polar surface area (TPSA) is 41.6 Å². The molecule has 1 N–H and O–H groups in total. The van der Waals surface area contributed by atoms with Gasteiger partial charge in [0.05, 0.1) is 13.2 Å². The van der Waals surface area contributed by atoms with Crippen molar-refractivity contribution in [2.24, 2.45) is 0 Å². The highest BCUT2D eigenvalue weighted by molar-refractivity contribution is 5.78. The molecule has 0 radical (unpaired) electrons. The molecule has 1 aromatic rings. The molecule has 1 amide bonds. The first-order valence-electron chi connectivity index (χ1n) is 8.00. The molecule has 116 valence electrons. The van der Waals surface area contributed by atoms with Gasteiger partial charge in [0.15, 0.2) is 0 Å². The Hall–Kier alpha value is -1.55. The zero-order chi connectivity index (χ0) is 14.9. The number of hydrogen-bond acceptors (Lipinski definition) is 3. The van der Waals surface area contributed by atoms with E-state index in [-0.39, 0.29) is 5.91 Å². The molecule has 0 unspecified atom stereocenters. The highest BCUT2D eigenvalue weighted by atomic mass is 16.5. The van der Waals surface area contributed by atoms with E-state index in [9.17, 15) is 4.79 Å². The summed E-state index contributed by atoms with van der Waals surface area (Å²) in [5.74, 6) is 1.12. The van der Waals surface area contributed by atoms with Crippen molar-refractivity contribution in [3.63, 3.8) is 0 Å². The fourth-order valence-electron chi connectivity index (χ4n) is 2.53. The van der Waals surface area contributed by atoms with E-state index < -0.39 is 0 Å². The Bertz CT molecular complexity index is 442. The molecule has 1 aromatic carbocycles. The Morgan fingerprint density at radius 2 is 2.10 bits per heavy atom. The van der Waals surface area contributed by atoms with Crippen LogP contribution in [-0.4, -0.2) is 37.0 Å². The van der Waals surface area contributed by atoms with E-state index >= 15 is 0 Å². The molecule has 1 aliphatic heterocycles. The van der Waals surface area contributed by atoms with Gasteiger partial charge in [-0.2, -0.15) is 0 Å². The second kappa shape index (κ2) is 8.67. The smallest absolute Gasteiger partial charge is 0.236 e. The van der Waals surface area contributed by atoms with Gasteiger partial charge in [0.1, 0.15) is 5.75 Å². The third-order valence-electron chi connectivity index (χ3n) is 3.69. The van der Waals surface area contributed by atoms with Crippen LogP contribution in [0.3, 0.4) is 0 Å². The third-order valence-corrected chi connectivity index (χ3v) is 3.69. The molecule has 0 bridgehead atoms. The van der Waals surface area contributed by atoms with Gasteiger partial charge in [0.25, 0.3) is 0 Å². The average molecular weight is 290 g/mol. The summed E-state index contributed by atoms with van der Waals surface area (Å²) in [6.45, 7) is 5.78. The van der Waals surface area contributed by atoms with Crippen molar-refractivity contribution in [2.45, 2.75) is 39.2 Å². The van der Waals surface area contributed by atoms with Gasteiger partial charge in [-0.1, -0.05) is 19.1 Å². The summed E-state index contributed by atoms with van der Waals surface area (Å²) < 4.78 is 5.62. The summed E-state index contributed by atoms with van der Waals surface area (Å²) in [6.07, 6.45) is 4.54. The van der Waals surface area contributed by atoms with E-state index in [1.807, 2.05) is 23.1 Å². The molecule has 0 saturated carbocycles. The zero-order valence-corrected chi connectivity index (χ0v) is 12.9. The van der Waals surface area contributed by atoms with Crippen molar-refractivity contribution in [2.75, 3.05) is 26.2 Å². The highest BCUT2D eigenvalue weighted by Gasteiger charge is 2.15. The summed E-state index contributed by atoms with van der Waals surface area (Å²) in [4.78, 5) is 14.0. The maximum atomic E-state index is 12.0. The van der Waals surface area contributed by atoms with Crippen LogP contribution in [0.2, 0.25) is 0 Å². The van der Waals surface area contributed by atoms with Gasteiger partial charge in [0.2, 0.25) is 5.91 Å². The summed E-state index contributed by atoms with van der Waals surface area (Å²) >= 11 is 0. The molecular weight excluding hydrogens is 264 g/mol. The van der Waals surface area contributed by atoms with Crippen LogP contribution >= 0.6 is 0 Å². The normalized spacial score (nSPS) is 15.0. The van der Waals surface area contributed by atoms with E-state index in [1.54, 1.807) is 0 Å². The SMILES string of the molecule is CCCOc1cccc(CNCC(=O)N2CCCCC2)c1. The molecule has 1 saturated heterocycles. The van der Waals surface area contributed by atoms with Gasteiger partial charge in [-0.3, -0.25) is 4.79 Å². The van der Waals surface area contributed by atoms with Crippen LogP contribution in [0.25, 0.3) is 0 Å². The van der Waals surface area contributed by atoms with Crippen molar-refractivity contribution in [1.29, 1.82) is 0 Å². The van der Waals surface area contributed by atoms with E-state index in [0.29, 0.717) is 13.1 Å². The quantitative estimate of drug-likeness (QED) is 0.839. The number of nitrogens with zero attached hydrogens (tertiary/aromatic N) is 1. The second-order valence-electron chi connectivity index (χ2n) is 5.54. The molecule has 0 spiro atoms. The largest absolute Gasteiger partial charge is 0.494 e. The van der Waals surface area contributed by atoms with Gasteiger partial charge in [0, 0.05) is 19.6 Å². The first-order valence-corrected chi connectivity index (χ1v) is 8.00. The summed E-state index contributed by atoms with van der Waals surface area (Å²) in [5.41, 5.74) is 1.15. The second-order valence-corrected chi connectivity index (χ2v) is 5.54. The van der Waals surface area contributed by atoms with Crippen LogP contribution in [0, 0.1) is 0 Å². The Balaban J connectivity index is 1.73. The predicted octanol–water partition coefficient (Wildman–Crippen LogP) is 2.58. The van der Waals surface area contributed by atoms with Gasteiger partial charge in [-0.05, 0) is 43.4 Å². The number of carbonyl (C=O) groups excluding carboxylic acids is 1. The predicted molar refractivity (Wildman–Crippen MR) is 84.4 cm³/mol. The van der Waals surface area contributed by atoms with Gasteiger partial charge in [-0.15, -0.1) is 0 Å². The van der Waals surface area contributed by atoms with Crippen LogP contribution in [0.1, 0.15) is 38.2 Å².